The molecule has 0 aliphatic heterocycles. The van der Waals surface area contributed by atoms with Gasteiger partial charge in [-0.1, -0.05) is 30.3 Å². The van der Waals surface area contributed by atoms with E-state index in [2.05, 4.69) is 78.9 Å². The highest BCUT2D eigenvalue weighted by atomic mass is 127. The van der Waals surface area contributed by atoms with Crippen LogP contribution in [0.1, 0.15) is 5.56 Å². The second kappa shape index (κ2) is 15.5. The van der Waals surface area contributed by atoms with Gasteiger partial charge in [0.1, 0.15) is 0 Å². The summed E-state index contributed by atoms with van der Waals surface area (Å²) in [5, 5.41) is 0. The summed E-state index contributed by atoms with van der Waals surface area (Å²) in [4.78, 5) is 0. The maximum Gasteiger partial charge on any atom is 0.485 e. The first-order valence-electron chi connectivity index (χ1n) is 9.90. The van der Waals surface area contributed by atoms with Crippen molar-refractivity contribution in [3.8, 4) is 0 Å². The van der Waals surface area contributed by atoms with Gasteiger partial charge in [0.2, 0.25) is 0 Å². The van der Waals surface area contributed by atoms with Gasteiger partial charge in [0, 0.05) is 7.11 Å². The highest BCUT2D eigenvalue weighted by Gasteiger charge is 2.37. The number of rotatable bonds is 6. The second-order valence-electron chi connectivity index (χ2n) is 6.78. The molecular formula is C22H18F6I2O7S2. The van der Waals surface area contributed by atoms with Gasteiger partial charge in [-0.15, -0.1) is 0 Å². The maximum absolute atomic E-state index is 10.7. The Balaban J connectivity index is 0.000000393. The molecule has 17 heteroatoms. The molecule has 216 valence electrons. The van der Waals surface area contributed by atoms with E-state index in [0.717, 1.165) is 0 Å². The van der Waals surface area contributed by atoms with Gasteiger partial charge in [0.15, 0.2) is 34.5 Å². The summed E-state index contributed by atoms with van der Waals surface area (Å²) in [7, 11) is -10.4. The highest BCUT2D eigenvalue weighted by molar-refractivity contribution is 7.86. The number of alkyl halides is 6. The summed E-state index contributed by atoms with van der Waals surface area (Å²) in [6.45, 7) is 0.691. The number of ether oxygens (including phenoxy) is 1. The summed E-state index contributed by atoms with van der Waals surface area (Å²) in [5.41, 5.74) is -10.1. The van der Waals surface area contributed by atoms with Gasteiger partial charge in [0.25, 0.3) is 0 Å². The van der Waals surface area contributed by atoms with Crippen LogP contribution >= 0.6 is 0 Å². The van der Waals surface area contributed by atoms with Crippen LogP contribution in [-0.2, 0) is 31.6 Å². The predicted octanol–water partition coefficient (Wildman–Crippen LogP) is -1.81. The van der Waals surface area contributed by atoms with Crippen molar-refractivity contribution in [1.82, 2.24) is 0 Å². The van der Waals surface area contributed by atoms with E-state index in [-0.39, 0.29) is 42.4 Å². The van der Waals surface area contributed by atoms with Crippen LogP contribution in [0, 0.1) is 14.3 Å². The Hall–Kier alpha value is -1.52. The standard InChI is InChI=1S/C20H18I2O.2CHF3O3S/c1-23-15-16-7-9-18(10-8-16)22-20-13-11-19(12-14-20)21-17-5-3-2-4-6-17;2*2-1(3,4)8(5,6)7/h2-14H,15H2,1H3;2*(H,5,6,7)/q+2;;/p-2. The second-order valence-corrected chi connectivity index (χ2v) is 15.6. The molecule has 0 aliphatic rings. The van der Waals surface area contributed by atoms with Crippen LogP contribution in [-0.4, -0.2) is 44.1 Å². The molecule has 0 heterocycles. The van der Waals surface area contributed by atoms with Crippen LogP contribution in [0.5, 0.6) is 0 Å². The number of hydrogen-bond donors (Lipinski definition) is 0. The third-order valence-corrected chi connectivity index (χ3v) is 10.3. The Kier molecular flexibility index (Phi) is 14.1. The normalized spacial score (nSPS) is 12.0. The van der Waals surface area contributed by atoms with Crippen LogP contribution in [0.25, 0.3) is 0 Å². The Morgan fingerprint density at radius 2 is 0.897 bits per heavy atom. The molecule has 0 unspecified atom stereocenters. The van der Waals surface area contributed by atoms with Crippen molar-refractivity contribution in [2.75, 3.05) is 7.11 Å². The predicted molar refractivity (Wildman–Crippen MR) is 116 cm³/mol. The van der Waals surface area contributed by atoms with Crippen molar-refractivity contribution in [3.05, 3.63) is 98.7 Å². The van der Waals surface area contributed by atoms with Crippen molar-refractivity contribution in [2.45, 2.75) is 17.6 Å². The van der Waals surface area contributed by atoms with Crippen molar-refractivity contribution in [3.63, 3.8) is 0 Å². The average Bonchev–Trinajstić information content (AvgIpc) is 2.81. The quantitative estimate of drug-likeness (QED) is 0.124. The maximum atomic E-state index is 10.7. The largest absolute Gasteiger partial charge is 0.741 e. The molecule has 7 nitrogen and oxygen atoms in total. The summed E-state index contributed by atoms with van der Waals surface area (Å²) >= 11 is -0.151. The minimum Gasteiger partial charge on any atom is -0.741 e. The van der Waals surface area contributed by atoms with E-state index in [9.17, 15) is 26.3 Å². The minimum atomic E-state index is -6.09. The molecule has 3 aromatic carbocycles. The molecule has 0 amide bonds. The van der Waals surface area contributed by atoms with Crippen molar-refractivity contribution in [1.29, 1.82) is 0 Å². The smallest absolute Gasteiger partial charge is 0.485 e. The summed E-state index contributed by atoms with van der Waals surface area (Å²) in [6.07, 6.45) is 0. The van der Waals surface area contributed by atoms with Crippen molar-refractivity contribution < 1.29 is 99.4 Å². The monoisotopic (exact) mass is 826 g/mol. The lowest BCUT2D eigenvalue weighted by Crippen LogP contribution is -3.62. The third kappa shape index (κ3) is 14.1. The van der Waals surface area contributed by atoms with E-state index in [0.29, 0.717) is 6.61 Å². The molecular weight excluding hydrogens is 808 g/mol. The van der Waals surface area contributed by atoms with E-state index in [1.165, 1.54) is 19.8 Å². The molecule has 0 saturated heterocycles. The zero-order valence-electron chi connectivity index (χ0n) is 19.4. The Bertz CT molecular complexity index is 1320. The topological polar surface area (TPSA) is 124 Å². The van der Waals surface area contributed by atoms with E-state index < -0.39 is 31.3 Å². The lowest BCUT2D eigenvalue weighted by Gasteiger charge is -2.08. The molecule has 0 radical (unpaired) electrons. The molecule has 0 atom stereocenters. The molecule has 0 N–H and O–H groups in total. The van der Waals surface area contributed by atoms with Gasteiger partial charge in [-0.25, -0.2) is 16.8 Å². The van der Waals surface area contributed by atoms with Crippen LogP contribution in [0.4, 0.5) is 26.3 Å². The fourth-order valence-corrected chi connectivity index (χ4v) is 6.47. The van der Waals surface area contributed by atoms with E-state index in [1.807, 2.05) is 0 Å². The first-order valence-corrected chi connectivity index (χ1v) is 17.0. The van der Waals surface area contributed by atoms with Gasteiger partial charge in [-0.3, -0.25) is 0 Å². The van der Waals surface area contributed by atoms with Crippen molar-refractivity contribution in [2.24, 2.45) is 0 Å². The zero-order chi connectivity index (χ0) is 29.9. The van der Waals surface area contributed by atoms with Gasteiger partial charge in [-0.2, -0.15) is 26.3 Å². The van der Waals surface area contributed by atoms with Crippen LogP contribution in [0.3, 0.4) is 0 Å². The van der Waals surface area contributed by atoms with Crippen molar-refractivity contribution >= 4 is 20.2 Å². The van der Waals surface area contributed by atoms with Crippen LogP contribution in [0.2, 0.25) is 0 Å². The number of methoxy groups -OCH3 is 1. The highest BCUT2D eigenvalue weighted by Crippen LogP contribution is 2.21. The Morgan fingerprint density at radius 3 is 1.18 bits per heavy atom. The number of benzene rings is 3. The fourth-order valence-electron chi connectivity index (χ4n) is 2.10. The van der Waals surface area contributed by atoms with E-state index in [4.69, 9.17) is 30.7 Å². The fraction of sp³-hybridized carbons (Fsp3) is 0.182. The van der Waals surface area contributed by atoms with Gasteiger partial charge >= 0.3 is 53.4 Å². The summed E-state index contributed by atoms with van der Waals surface area (Å²) in [6, 6.07) is 28.9. The first-order chi connectivity index (χ1) is 17.8. The molecule has 3 rings (SSSR count). The van der Waals surface area contributed by atoms with Gasteiger partial charge < -0.3 is 13.8 Å². The SMILES string of the molecule is COCc1ccc([I+]c2ccc([I+]c3ccccc3)cc2)cc1.O=S(=O)([O-])C(F)(F)F.O=S(=O)([O-])C(F)(F)F. The Labute approximate surface area is 241 Å². The van der Waals surface area contributed by atoms with Gasteiger partial charge in [0.05, 0.1) is 6.61 Å². The van der Waals surface area contributed by atoms with Gasteiger partial charge in [-0.05, 0) is 54.1 Å². The minimum absolute atomic E-state index is 0.0552. The summed E-state index contributed by atoms with van der Waals surface area (Å²) in [5.74, 6) is 0. The molecule has 0 fully saturated rings. The molecule has 0 spiro atoms. The average molecular weight is 826 g/mol. The lowest BCUT2D eigenvalue weighted by molar-refractivity contribution is -0.603. The number of hydrogen-bond acceptors (Lipinski definition) is 7. The third-order valence-electron chi connectivity index (χ3n) is 3.76. The zero-order valence-corrected chi connectivity index (χ0v) is 25.4. The lowest BCUT2D eigenvalue weighted by atomic mass is 10.2. The Morgan fingerprint density at radius 1 is 0.615 bits per heavy atom. The molecule has 39 heavy (non-hydrogen) atoms. The number of halogens is 8. The van der Waals surface area contributed by atoms with E-state index >= 15 is 0 Å². The molecule has 0 aliphatic carbocycles. The first kappa shape index (κ1) is 35.5. The molecule has 0 bridgehead atoms. The summed E-state index contributed by atoms with van der Waals surface area (Å²) < 4.78 is 129. The van der Waals surface area contributed by atoms with Crippen LogP contribution in [0.15, 0.2) is 78.9 Å². The molecule has 0 saturated carbocycles. The molecule has 3 aromatic rings. The molecule has 0 aromatic heterocycles. The van der Waals surface area contributed by atoms with Crippen LogP contribution < -0.4 is 42.4 Å². The van der Waals surface area contributed by atoms with E-state index in [1.54, 1.807) is 7.11 Å².